The van der Waals surface area contributed by atoms with Gasteiger partial charge in [0.25, 0.3) is 0 Å². The normalized spacial score (nSPS) is 10.9. The summed E-state index contributed by atoms with van der Waals surface area (Å²) in [6.45, 7) is 0. The fraction of sp³-hybridized carbons (Fsp3) is 0.429. The second-order valence-electron chi connectivity index (χ2n) is 3.17. The summed E-state index contributed by atoms with van der Waals surface area (Å²) in [5.74, 6) is -5.34. The minimum Gasteiger partial charge on any atom is -0.790 e. The molecule has 0 aromatic rings. The number of aliphatic hydroxyl groups is 1. The van der Waals surface area contributed by atoms with Crippen molar-refractivity contribution < 1.29 is 98.6 Å². The van der Waals surface area contributed by atoms with Crippen molar-refractivity contribution in [3.05, 3.63) is 0 Å². The van der Waals surface area contributed by atoms with E-state index >= 15 is 0 Å². The summed E-state index contributed by atoms with van der Waals surface area (Å²) in [6, 6.07) is 0. The molecule has 25 heavy (non-hydrogen) atoms. The van der Waals surface area contributed by atoms with E-state index in [2.05, 4.69) is 0 Å². The van der Waals surface area contributed by atoms with Gasteiger partial charge in [0.1, 0.15) is 0 Å². The molecule has 0 amide bonds. The summed E-state index contributed by atoms with van der Waals surface area (Å²) in [6.07, 6.45) is -4.77. The van der Waals surface area contributed by atoms with Gasteiger partial charge in [-0.05, 0) is 6.16 Å². The number of aliphatic carboxylic acids is 3. The molecule has 0 rings (SSSR count). The standard InChI is InChI=1S/C6H8O7.CH2O3.2Ca.Na.H3O4P/c7-3(8)1-6(13,5(11)12)2-4(9)10;2-1(3)4;;;;1-5(2,3)4/h13H,1-2H2,(H,7,8)(H,9,10)(H,11,12);(H2,2,3,4);;;;(H3,1,2,3,4)/q;;2*+2;+1;/p-5. The van der Waals surface area contributed by atoms with E-state index < -0.39 is 50.3 Å². The van der Waals surface area contributed by atoms with Gasteiger partial charge < -0.3 is 59.5 Å². The molecule has 0 aliphatic heterocycles. The Labute approximate surface area is 221 Å². The Bertz CT molecular complexity index is 436. The Morgan fingerprint density at radius 1 is 0.920 bits per heavy atom. The molecule has 14 nitrogen and oxygen atoms in total. The van der Waals surface area contributed by atoms with Crippen molar-refractivity contribution in [2.24, 2.45) is 0 Å². The average Bonchev–Trinajstić information content (AvgIpc) is 2.09. The van der Waals surface area contributed by atoms with Crippen molar-refractivity contribution in [1.29, 1.82) is 0 Å². The minimum absolute atomic E-state index is 0. The molecule has 0 spiro atoms. The zero-order chi connectivity index (χ0) is 18.7. The molecular formula is C7H8Ca2NaO14P. The summed E-state index contributed by atoms with van der Waals surface area (Å²) in [4.78, 5) is 62.9. The van der Waals surface area contributed by atoms with Gasteiger partial charge in [-0.2, -0.15) is 0 Å². The summed E-state index contributed by atoms with van der Waals surface area (Å²) >= 11 is 0. The number of phosphoric acid groups is 1. The van der Waals surface area contributed by atoms with E-state index in [1.807, 2.05) is 0 Å². The number of hydrogen-bond donors (Lipinski definition) is 4. The number of carboxylic acid groups (broad SMARTS) is 5. The van der Waals surface area contributed by atoms with Gasteiger partial charge in [0.2, 0.25) is 0 Å². The van der Waals surface area contributed by atoms with Crippen LogP contribution < -0.4 is 54.7 Å². The van der Waals surface area contributed by atoms with Crippen molar-refractivity contribution in [2.45, 2.75) is 18.4 Å². The molecule has 0 radical (unpaired) electrons. The first-order valence-corrected chi connectivity index (χ1v) is 6.01. The molecule has 0 fully saturated rings. The fourth-order valence-corrected chi connectivity index (χ4v) is 0.703. The largest absolute Gasteiger partial charge is 2.00 e. The smallest absolute Gasteiger partial charge is 0.790 e. The number of hydrogen-bond acceptors (Lipinski definition) is 11. The van der Waals surface area contributed by atoms with Crippen LogP contribution in [0.25, 0.3) is 0 Å². The molecule has 0 aliphatic carbocycles. The molecule has 1 unspecified atom stereocenters. The molecule has 0 aliphatic rings. The van der Waals surface area contributed by atoms with Crippen LogP contribution in [0.2, 0.25) is 0 Å². The molecular weight excluding hydrogens is 442 g/mol. The van der Waals surface area contributed by atoms with E-state index in [9.17, 15) is 19.5 Å². The van der Waals surface area contributed by atoms with Crippen LogP contribution in [-0.2, 0) is 18.9 Å². The molecule has 0 heterocycles. The van der Waals surface area contributed by atoms with Gasteiger partial charge in [-0.15, -0.1) is 0 Å². The summed E-state index contributed by atoms with van der Waals surface area (Å²) in [5.41, 5.74) is -2.80. The van der Waals surface area contributed by atoms with Crippen LogP contribution >= 0.6 is 7.82 Å². The monoisotopic (exact) mass is 450 g/mol. The maximum atomic E-state index is 10.3. The van der Waals surface area contributed by atoms with Crippen LogP contribution in [0.4, 0.5) is 4.79 Å². The number of carbonyl (C=O) groups excluding carboxylic acids is 2. The first-order valence-electron chi connectivity index (χ1n) is 4.51. The predicted molar refractivity (Wildman–Crippen MR) is 61.2 cm³/mol. The SMILES string of the molecule is O=C([O-])CC(O)(CC(=O)O)C(=O)O.O=C([O-])[O-].O=P([O-])([O-])O.[Ca+2].[Ca+2].[Na+]. The Kier molecular flexibility index (Phi) is 32.7. The van der Waals surface area contributed by atoms with Gasteiger partial charge in [-0.3, -0.25) is 4.79 Å². The van der Waals surface area contributed by atoms with E-state index in [4.69, 9.17) is 49.6 Å². The van der Waals surface area contributed by atoms with Crippen molar-refractivity contribution >= 4 is 107 Å². The first-order chi connectivity index (χ1) is 9.51. The predicted octanol–water partition coefficient (Wildman–Crippen LogP) is -11.0. The van der Waals surface area contributed by atoms with E-state index in [-0.39, 0.29) is 105 Å². The van der Waals surface area contributed by atoms with E-state index in [1.54, 1.807) is 0 Å². The molecule has 0 aromatic heterocycles. The van der Waals surface area contributed by atoms with Gasteiger partial charge in [0, 0.05) is 12.4 Å². The van der Waals surface area contributed by atoms with Crippen LogP contribution in [0, 0.1) is 0 Å². The number of rotatable bonds is 5. The van der Waals surface area contributed by atoms with Crippen molar-refractivity contribution in [1.82, 2.24) is 0 Å². The second-order valence-corrected chi connectivity index (χ2v) is 4.11. The van der Waals surface area contributed by atoms with Crippen LogP contribution in [-0.4, -0.2) is 125 Å². The Hall–Kier alpha value is 1.27. The van der Waals surface area contributed by atoms with Crippen LogP contribution in [0.3, 0.4) is 0 Å². The first kappa shape index (κ1) is 40.8. The molecule has 4 N–H and O–H groups in total. The average molecular weight is 450 g/mol. The molecule has 1 atom stereocenters. The Balaban J connectivity index is -0.0000000638. The van der Waals surface area contributed by atoms with E-state index in [0.29, 0.717) is 0 Å². The zero-order valence-electron chi connectivity index (χ0n) is 12.6. The molecule has 0 saturated carbocycles. The van der Waals surface area contributed by atoms with Crippen molar-refractivity contribution in [2.75, 3.05) is 0 Å². The topological polar surface area (TPSA) is 282 Å². The van der Waals surface area contributed by atoms with Gasteiger partial charge in [0.05, 0.1) is 14.2 Å². The Morgan fingerprint density at radius 3 is 1.28 bits per heavy atom. The minimum atomic E-state index is -5.14. The molecule has 0 bridgehead atoms. The van der Waals surface area contributed by atoms with Crippen LogP contribution in [0.15, 0.2) is 0 Å². The summed E-state index contributed by atoms with van der Waals surface area (Å²) in [7, 11) is -5.14. The van der Waals surface area contributed by atoms with Crippen molar-refractivity contribution in [3.63, 3.8) is 0 Å². The van der Waals surface area contributed by atoms with Crippen LogP contribution in [0.5, 0.6) is 0 Å². The molecule has 0 saturated heterocycles. The van der Waals surface area contributed by atoms with Gasteiger partial charge in [-0.25, -0.2) is 4.79 Å². The zero-order valence-corrected chi connectivity index (χ0v) is 20.0. The number of carboxylic acids is 3. The van der Waals surface area contributed by atoms with Gasteiger partial charge in [-0.1, -0.05) is 0 Å². The second kappa shape index (κ2) is 20.0. The summed E-state index contributed by atoms with van der Waals surface area (Å²) in [5, 5.41) is 52.2. The maximum Gasteiger partial charge on any atom is 2.00 e. The van der Waals surface area contributed by atoms with E-state index in [1.165, 1.54) is 0 Å². The third-order valence-electron chi connectivity index (χ3n) is 1.28. The third kappa shape index (κ3) is 45.9. The molecule has 0 aromatic carbocycles. The fourth-order valence-electron chi connectivity index (χ4n) is 0.703. The van der Waals surface area contributed by atoms with Crippen LogP contribution in [0.1, 0.15) is 12.8 Å². The maximum absolute atomic E-state index is 10.3. The van der Waals surface area contributed by atoms with Gasteiger partial charge >= 0.3 is 117 Å². The number of carbonyl (C=O) groups is 4. The molecule has 18 heteroatoms. The quantitative estimate of drug-likeness (QED) is 0.223. The third-order valence-corrected chi connectivity index (χ3v) is 1.28. The molecule has 130 valence electrons. The Morgan fingerprint density at radius 2 is 1.16 bits per heavy atom. The van der Waals surface area contributed by atoms with Crippen molar-refractivity contribution in [3.8, 4) is 0 Å². The van der Waals surface area contributed by atoms with Gasteiger partial charge in [0.15, 0.2) is 5.60 Å². The van der Waals surface area contributed by atoms with E-state index in [0.717, 1.165) is 0 Å². The summed E-state index contributed by atoms with van der Waals surface area (Å²) < 4.78 is 8.66.